The number of thioether (sulfide) groups is 1. The number of nitrogens with zero attached hydrogens (tertiary/aromatic N) is 1. The third-order valence-electron chi connectivity index (χ3n) is 9.89. The Morgan fingerprint density at radius 2 is 1.19 bits per heavy atom. The van der Waals surface area contributed by atoms with Crippen LogP contribution in [0.1, 0.15) is 64.1 Å². The number of amides is 3. The fraction of sp³-hybridized carbons (Fsp3) is 0.196. The number of rotatable bonds is 15. The van der Waals surface area contributed by atoms with E-state index in [1.54, 1.807) is 24.3 Å². The molecule has 0 saturated carbocycles. The number of ether oxygens (including phenoxy) is 2. The maximum Gasteiger partial charge on any atom is 0.357 e. The first-order valence-corrected chi connectivity index (χ1v) is 20.8. The van der Waals surface area contributed by atoms with Crippen LogP contribution >= 0.6 is 35.0 Å². The molecule has 2 aliphatic rings. The van der Waals surface area contributed by atoms with E-state index in [-0.39, 0.29) is 35.7 Å². The number of carbonyl (C=O) groups excluding carboxylic acids is 5. The van der Waals surface area contributed by atoms with Gasteiger partial charge in [0.15, 0.2) is 12.2 Å². The molecule has 0 aliphatic carbocycles. The Bertz CT molecular complexity index is 2240. The van der Waals surface area contributed by atoms with Gasteiger partial charge in [0.05, 0.1) is 5.03 Å². The van der Waals surface area contributed by atoms with Crippen LogP contribution in [0.25, 0.3) is 0 Å². The average Bonchev–Trinajstić information content (AvgIpc) is 3.27. The largest absolute Gasteiger partial charge is 0.451 e. The Labute approximate surface area is 355 Å². The fourth-order valence-corrected chi connectivity index (χ4v) is 8.58. The highest BCUT2D eigenvalue weighted by atomic mass is 35.5. The van der Waals surface area contributed by atoms with Crippen molar-refractivity contribution >= 4 is 64.6 Å². The van der Waals surface area contributed by atoms with E-state index in [9.17, 15) is 24.0 Å². The first-order valence-electron chi connectivity index (χ1n) is 19.0. The highest BCUT2D eigenvalue weighted by molar-refractivity contribution is 8.00. The number of halogens is 2. The molecular formula is C46H39Cl2N3O7S. The summed E-state index contributed by atoms with van der Waals surface area (Å²) in [6.07, 6.45) is -1.34. The van der Waals surface area contributed by atoms with Crippen molar-refractivity contribution in [2.45, 2.75) is 48.9 Å². The molecule has 1 saturated heterocycles. The van der Waals surface area contributed by atoms with Gasteiger partial charge in [-0.05, 0) is 59.4 Å². The maximum atomic E-state index is 13.9. The summed E-state index contributed by atoms with van der Waals surface area (Å²) in [7, 11) is 0. The van der Waals surface area contributed by atoms with E-state index >= 15 is 0 Å². The summed E-state index contributed by atoms with van der Waals surface area (Å²) in [6, 6.07) is 41.3. The van der Waals surface area contributed by atoms with E-state index in [1.165, 1.54) is 16.7 Å². The molecule has 59 heavy (non-hydrogen) atoms. The standard InChI is InChI=1S/C46H39Cl2N3O7S/c47-34-26-24-33(25-27-34)42(53)49-36(45(55)57-40(29-14-5-1-6-15-29)30-16-7-2-8-17-30)22-13-23-37(52)50-38-43(54)51-39(35(48)28-59-44(38)51)46(56)58-41(31-18-9-3-10-19-31)32-20-11-4-12-21-32/h1-12,14-21,24-27,36,38,40-41,44H,13,22-23,28H2,(H,49,53)(H,50,52)/t36?,38?,44-/m1/s1. The summed E-state index contributed by atoms with van der Waals surface area (Å²) in [5.74, 6) is -2.66. The monoisotopic (exact) mass is 847 g/mol. The van der Waals surface area contributed by atoms with E-state index in [1.807, 2.05) is 121 Å². The first kappa shape index (κ1) is 41.3. The topological polar surface area (TPSA) is 131 Å². The van der Waals surface area contributed by atoms with E-state index in [4.69, 9.17) is 32.7 Å². The lowest BCUT2D eigenvalue weighted by molar-refractivity contribution is -0.154. The van der Waals surface area contributed by atoms with Gasteiger partial charge in [0.2, 0.25) is 5.91 Å². The zero-order valence-electron chi connectivity index (χ0n) is 31.5. The highest BCUT2D eigenvalue weighted by Gasteiger charge is 2.54. The van der Waals surface area contributed by atoms with Gasteiger partial charge in [-0.15, -0.1) is 11.8 Å². The van der Waals surface area contributed by atoms with Gasteiger partial charge in [0.1, 0.15) is 23.2 Å². The van der Waals surface area contributed by atoms with Gasteiger partial charge < -0.3 is 20.1 Å². The Morgan fingerprint density at radius 1 is 0.695 bits per heavy atom. The molecule has 3 amide bonds. The Kier molecular flexibility index (Phi) is 13.5. The Balaban J connectivity index is 0.999. The van der Waals surface area contributed by atoms with Crippen LogP contribution in [0.3, 0.4) is 0 Å². The number of hydrogen-bond donors (Lipinski definition) is 2. The van der Waals surface area contributed by atoms with Crippen LogP contribution in [0, 0.1) is 0 Å². The molecule has 300 valence electrons. The van der Waals surface area contributed by atoms with E-state index in [0.717, 1.165) is 22.3 Å². The zero-order chi connectivity index (χ0) is 41.3. The lowest BCUT2D eigenvalue weighted by Gasteiger charge is -2.49. The number of esters is 2. The molecule has 0 aromatic heterocycles. The summed E-state index contributed by atoms with van der Waals surface area (Å²) < 4.78 is 12.1. The van der Waals surface area contributed by atoms with Crippen LogP contribution in [0.4, 0.5) is 0 Å². The summed E-state index contributed by atoms with van der Waals surface area (Å²) >= 11 is 13.9. The quantitative estimate of drug-likeness (QED) is 0.0799. The van der Waals surface area contributed by atoms with Crippen LogP contribution in [0.15, 0.2) is 156 Å². The average molecular weight is 849 g/mol. The van der Waals surface area contributed by atoms with Crippen molar-refractivity contribution in [1.29, 1.82) is 0 Å². The molecular weight excluding hydrogens is 809 g/mol. The number of benzene rings is 5. The number of hydrogen-bond acceptors (Lipinski definition) is 8. The van der Waals surface area contributed by atoms with E-state index in [2.05, 4.69) is 10.6 Å². The molecule has 2 unspecified atom stereocenters. The van der Waals surface area contributed by atoms with Crippen molar-refractivity contribution in [2.24, 2.45) is 0 Å². The molecule has 2 N–H and O–H groups in total. The molecule has 0 bridgehead atoms. The number of β-lactam (4-membered cyclic amide) rings is 1. The molecule has 0 spiro atoms. The second-order valence-electron chi connectivity index (χ2n) is 13.9. The summed E-state index contributed by atoms with van der Waals surface area (Å²) in [5, 5.41) is 5.62. The molecule has 1 fully saturated rings. The van der Waals surface area contributed by atoms with Crippen LogP contribution in [0.5, 0.6) is 0 Å². The minimum absolute atomic E-state index is 0.0510. The third kappa shape index (κ3) is 9.88. The van der Waals surface area contributed by atoms with Gasteiger partial charge in [-0.2, -0.15) is 0 Å². The number of carbonyl (C=O) groups is 5. The van der Waals surface area contributed by atoms with Crippen LogP contribution in [-0.4, -0.2) is 57.8 Å². The van der Waals surface area contributed by atoms with Gasteiger partial charge >= 0.3 is 11.9 Å². The van der Waals surface area contributed by atoms with Gasteiger partial charge in [-0.3, -0.25) is 19.3 Å². The van der Waals surface area contributed by atoms with Crippen LogP contribution < -0.4 is 10.6 Å². The minimum Gasteiger partial charge on any atom is -0.451 e. The molecule has 5 aromatic rings. The van der Waals surface area contributed by atoms with Crippen LogP contribution in [0.2, 0.25) is 5.02 Å². The van der Waals surface area contributed by atoms with Crippen molar-refractivity contribution in [2.75, 3.05) is 5.75 Å². The normalized spacial score (nSPS) is 16.5. The lowest BCUT2D eigenvalue weighted by atomic mass is 10.0. The van der Waals surface area contributed by atoms with Crippen molar-refractivity contribution in [3.05, 3.63) is 189 Å². The number of nitrogens with one attached hydrogen (secondary N) is 2. The SMILES string of the molecule is O=C(CCCC(NC(=O)c1ccc(Cl)cc1)C(=O)OC(c1ccccc1)c1ccccc1)NC1C(=O)N2C(C(=O)OC(c3ccccc3)c3ccccc3)=C(Cl)CS[C@H]12. The predicted octanol–water partition coefficient (Wildman–Crippen LogP) is 8.12. The van der Waals surface area contributed by atoms with Gasteiger partial charge in [-0.1, -0.05) is 145 Å². The molecule has 2 heterocycles. The van der Waals surface area contributed by atoms with Crippen LogP contribution in [-0.2, 0) is 28.7 Å². The molecule has 2 aliphatic heterocycles. The van der Waals surface area contributed by atoms with Crippen molar-refractivity contribution < 1.29 is 33.4 Å². The molecule has 5 aromatic carbocycles. The first-order chi connectivity index (χ1) is 28.7. The van der Waals surface area contributed by atoms with Gasteiger partial charge in [0.25, 0.3) is 11.8 Å². The second kappa shape index (κ2) is 19.2. The predicted molar refractivity (Wildman–Crippen MR) is 226 cm³/mol. The molecule has 3 atom stereocenters. The summed E-state index contributed by atoms with van der Waals surface area (Å²) in [4.78, 5) is 69.2. The van der Waals surface area contributed by atoms with Crippen molar-refractivity contribution in [1.82, 2.24) is 15.5 Å². The molecule has 7 rings (SSSR count). The third-order valence-corrected chi connectivity index (χ3v) is 11.9. The smallest absolute Gasteiger partial charge is 0.357 e. The van der Waals surface area contributed by atoms with E-state index < -0.39 is 59.3 Å². The molecule has 13 heteroatoms. The van der Waals surface area contributed by atoms with E-state index in [0.29, 0.717) is 10.6 Å². The summed E-state index contributed by atoms with van der Waals surface area (Å²) in [6.45, 7) is 0. The highest BCUT2D eigenvalue weighted by Crippen LogP contribution is 2.42. The second-order valence-corrected chi connectivity index (χ2v) is 15.9. The zero-order valence-corrected chi connectivity index (χ0v) is 33.9. The van der Waals surface area contributed by atoms with Gasteiger partial charge in [-0.25, -0.2) is 9.59 Å². The Hall–Kier alpha value is -5.88. The number of fused-ring (bicyclic) bond motifs is 1. The van der Waals surface area contributed by atoms with Crippen molar-refractivity contribution in [3.63, 3.8) is 0 Å². The Morgan fingerprint density at radius 3 is 1.69 bits per heavy atom. The van der Waals surface area contributed by atoms with Crippen molar-refractivity contribution in [3.8, 4) is 0 Å². The van der Waals surface area contributed by atoms with Gasteiger partial charge in [0, 0.05) is 22.8 Å². The fourth-order valence-electron chi connectivity index (χ4n) is 6.91. The lowest BCUT2D eigenvalue weighted by Crippen LogP contribution is -2.70. The molecule has 0 radical (unpaired) electrons. The molecule has 10 nitrogen and oxygen atoms in total. The minimum atomic E-state index is -1.12. The summed E-state index contributed by atoms with van der Waals surface area (Å²) in [5.41, 5.74) is 3.22. The maximum absolute atomic E-state index is 13.9.